The van der Waals surface area contributed by atoms with Crippen molar-refractivity contribution in [1.82, 2.24) is 5.32 Å². The van der Waals surface area contributed by atoms with Crippen LogP contribution >= 0.6 is 0 Å². The quantitative estimate of drug-likeness (QED) is 0.519. The third kappa shape index (κ3) is 11.9. The monoisotopic (exact) mass is 201 g/mol. The Bertz CT molecular complexity index is 84.3. The van der Waals surface area contributed by atoms with Gasteiger partial charge in [0.15, 0.2) is 0 Å². The zero-order chi connectivity index (χ0) is 10.5. The lowest BCUT2D eigenvalue weighted by molar-refractivity contribution is 0.126. The molecular formula is C12H27NO. The van der Waals surface area contributed by atoms with Crippen LogP contribution in [0.4, 0.5) is 0 Å². The standard InChI is InChI=1S/C12H27NO/c1-3-4-8-11-14-12-9-6-5-7-10-13-2/h13H,3-12H2,1-2H3. The summed E-state index contributed by atoms with van der Waals surface area (Å²) in [7, 11) is 2.01. The molecule has 0 spiro atoms. The molecule has 0 bridgehead atoms. The van der Waals surface area contributed by atoms with Gasteiger partial charge in [-0.25, -0.2) is 0 Å². The third-order valence-electron chi connectivity index (χ3n) is 2.36. The molecule has 0 heterocycles. The van der Waals surface area contributed by atoms with Crippen molar-refractivity contribution >= 4 is 0 Å². The Morgan fingerprint density at radius 1 is 0.857 bits per heavy atom. The molecule has 0 unspecified atom stereocenters. The summed E-state index contributed by atoms with van der Waals surface area (Å²) in [6.45, 7) is 5.30. The second-order valence-corrected chi connectivity index (χ2v) is 3.84. The number of hydrogen-bond acceptors (Lipinski definition) is 2. The minimum Gasteiger partial charge on any atom is -0.381 e. The van der Waals surface area contributed by atoms with Gasteiger partial charge in [-0.15, -0.1) is 0 Å². The predicted octanol–water partition coefficient (Wildman–Crippen LogP) is 2.97. The van der Waals surface area contributed by atoms with E-state index in [1.165, 1.54) is 44.9 Å². The van der Waals surface area contributed by atoms with Gasteiger partial charge in [-0.3, -0.25) is 0 Å². The van der Waals surface area contributed by atoms with Crippen LogP contribution in [0, 0.1) is 0 Å². The Morgan fingerprint density at radius 3 is 2.14 bits per heavy atom. The van der Waals surface area contributed by atoms with Crippen molar-refractivity contribution in [3.05, 3.63) is 0 Å². The summed E-state index contributed by atoms with van der Waals surface area (Å²) in [5, 5.41) is 3.16. The van der Waals surface area contributed by atoms with Gasteiger partial charge in [-0.1, -0.05) is 32.6 Å². The zero-order valence-corrected chi connectivity index (χ0v) is 9.98. The molecule has 0 aromatic heterocycles. The van der Waals surface area contributed by atoms with Gasteiger partial charge >= 0.3 is 0 Å². The van der Waals surface area contributed by atoms with E-state index >= 15 is 0 Å². The highest BCUT2D eigenvalue weighted by molar-refractivity contribution is 4.45. The first-order valence-electron chi connectivity index (χ1n) is 6.14. The molecule has 14 heavy (non-hydrogen) atoms. The van der Waals surface area contributed by atoms with E-state index in [2.05, 4.69) is 12.2 Å². The van der Waals surface area contributed by atoms with E-state index in [0.717, 1.165) is 19.8 Å². The van der Waals surface area contributed by atoms with Gasteiger partial charge in [0, 0.05) is 13.2 Å². The number of hydrogen-bond donors (Lipinski definition) is 1. The van der Waals surface area contributed by atoms with Crippen molar-refractivity contribution in [2.24, 2.45) is 0 Å². The second kappa shape index (κ2) is 12.9. The molecule has 0 saturated carbocycles. The molecule has 1 N–H and O–H groups in total. The molecule has 0 rings (SSSR count). The fourth-order valence-electron chi connectivity index (χ4n) is 1.42. The van der Waals surface area contributed by atoms with E-state index in [0.29, 0.717) is 0 Å². The SMILES string of the molecule is CCCCCOCCCCCCNC. The Balaban J connectivity index is 2.78. The van der Waals surface area contributed by atoms with Crippen molar-refractivity contribution < 1.29 is 4.74 Å². The second-order valence-electron chi connectivity index (χ2n) is 3.84. The summed E-state index contributed by atoms with van der Waals surface area (Å²) in [5.74, 6) is 0. The summed E-state index contributed by atoms with van der Waals surface area (Å²) in [6.07, 6.45) is 9.00. The summed E-state index contributed by atoms with van der Waals surface area (Å²) < 4.78 is 5.53. The van der Waals surface area contributed by atoms with Gasteiger partial charge in [0.1, 0.15) is 0 Å². The molecule has 0 aliphatic rings. The third-order valence-corrected chi connectivity index (χ3v) is 2.36. The highest BCUT2D eigenvalue weighted by atomic mass is 16.5. The number of nitrogens with one attached hydrogen (secondary N) is 1. The Hall–Kier alpha value is -0.0800. The van der Waals surface area contributed by atoms with Crippen molar-refractivity contribution in [1.29, 1.82) is 0 Å². The molecule has 0 amide bonds. The Morgan fingerprint density at radius 2 is 1.50 bits per heavy atom. The lowest BCUT2D eigenvalue weighted by atomic mass is 10.2. The van der Waals surface area contributed by atoms with E-state index in [9.17, 15) is 0 Å². The van der Waals surface area contributed by atoms with E-state index in [1.807, 2.05) is 7.05 Å². The van der Waals surface area contributed by atoms with Crippen molar-refractivity contribution in [2.45, 2.75) is 51.9 Å². The van der Waals surface area contributed by atoms with Crippen LogP contribution in [-0.2, 0) is 4.74 Å². The van der Waals surface area contributed by atoms with Crippen LogP contribution in [0.15, 0.2) is 0 Å². The topological polar surface area (TPSA) is 21.3 Å². The van der Waals surface area contributed by atoms with Crippen LogP contribution in [-0.4, -0.2) is 26.8 Å². The van der Waals surface area contributed by atoms with Gasteiger partial charge in [0.25, 0.3) is 0 Å². The average molecular weight is 201 g/mol. The molecule has 0 aliphatic carbocycles. The molecule has 0 atom stereocenters. The van der Waals surface area contributed by atoms with Crippen LogP contribution in [0.2, 0.25) is 0 Å². The molecule has 0 aromatic carbocycles. The van der Waals surface area contributed by atoms with Gasteiger partial charge in [-0.2, -0.15) is 0 Å². The van der Waals surface area contributed by atoms with Gasteiger partial charge < -0.3 is 10.1 Å². The molecule has 2 nitrogen and oxygen atoms in total. The molecular weight excluding hydrogens is 174 g/mol. The molecule has 0 aliphatic heterocycles. The minimum absolute atomic E-state index is 0.962. The smallest absolute Gasteiger partial charge is 0.0466 e. The summed E-state index contributed by atoms with van der Waals surface area (Å²) in [5.41, 5.74) is 0. The van der Waals surface area contributed by atoms with E-state index in [1.54, 1.807) is 0 Å². The highest BCUT2D eigenvalue weighted by Crippen LogP contribution is 2.00. The van der Waals surface area contributed by atoms with E-state index in [-0.39, 0.29) is 0 Å². The van der Waals surface area contributed by atoms with E-state index < -0.39 is 0 Å². The van der Waals surface area contributed by atoms with Gasteiger partial charge in [-0.05, 0) is 32.9 Å². The molecule has 0 radical (unpaired) electrons. The number of unbranched alkanes of at least 4 members (excludes halogenated alkanes) is 5. The first-order valence-corrected chi connectivity index (χ1v) is 6.14. The van der Waals surface area contributed by atoms with Gasteiger partial charge in [0.2, 0.25) is 0 Å². The maximum Gasteiger partial charge on any atom is 0.0466 e. The van der Waals surface area contributed by atoms with E-state index in [4.69, 9.17) is 4.74 Å². The van der Waals surface area contributed by atoms with Crippen molar-refractivity contribution in [2.75, 3.05) is 26.8 Å². The van der Waals surface area contributed by atoms with Crippen LogP contribution in [0.3, 0.4) is 0 Å². The minimum atomic E-state index is 0.962. The first-order chi connectivity index (χ1) is 6.91. The maximum absolute atomic E-state index is 5.53. The fraction of sp³-hybridized carbons (Fsp3) is 1.00. The summed E-state index contributed by atoms with van der Waals surface area (Å²) >= 11 is 0. The maximum atomic E-state index is 5.53. The Labute approximate surface area is 89.4 Å². The molecule has 86 valence electrons. The highest BCUT2D eigenvalue weighted by Gasteiger charge is 1.91. The normalized spacial score (nSPS) is 10.7. The van der Waals surface area contributed by atoms with Crippen molar-refractivity contribution in [3.8, 4) is 0 Å². The Kier molecular flexibility index (Phi) is 12.8. The molecule has 0 fully saturated rings. The summed E-state index contributed by atoms with van der Waals surface area (Å²) in [4.78, 5) is 0. The fourth-order valence-corrected chi connectivity index (χ4v) is 1.42. The lowest BCUT2D eigenvalue weighted by Gasteiger charge is -2.03. The van der Waals surface area contributed by atoms with Crippen molar-refractivity contribution in [3.63, 3.8) is 0 Å². The molecule has 0 saturated heterocycles. The number of rotatable bonds is 11. The number of ether oxygens (including phenoxy) is 1. The molecule has 0 aromatic rings. The molecule has 2 heteroatoms. The predicted molar refractivity (Wildman–Crippen MR) is 62.7 cm³/mol. The van der Waals surface area contributed by atoms with Crippen LogP contribution in [0.25, 0.3) is 0 Å². The zero-order valence-electron chi connectivity index (χ0n) is 9.98. The van der Waals surface area contributed by atoms with Gasteiger partial charge in [0.05, 0.1) is 0 Å². The largest absolute Gasteiger partial charge is 0.381 e. The average Bonchev–Trinajstić information content (AvgIpc) is 2.21. The van der Waals surface area contributed by atoms with Crippen LogP contribution < -0.4 is 5.32 Å². The summed E-state index contributed by atoms with van der Waals surface area (Å²) in [6, 6.07) is 0. The first kappa shape index (κ1) is 13.9. The van der Waals surface area contributed by atoms with Crippen LogP contribution in [0.1, 0.15) is 51.9 Å². The lowest BCUT2D eigenvalue weighted by Crippen LogP contribution is -2.07. The van der Waals surface area contributed by atoms with Crippen LogP contribution in [0.5, 0.6) is 0 Å².